The van der Waals surface area contributed by atoms with E-state index in [1.165, 1.54) is 12.8 Å². The lowest BCUT2D eigenvalue weighted by Gasteiger charge is -2.20. The molecule has 0 atom stereocenters. The first-order valence-electron chi connectivity index (χ1n) is 5.21. The largest absolute Gasteiger partial charge is 0.303 e. The highest BCUT2D eigenvalue weighted by Crippen LogP contribution is 2.38. The number of hydrogen-bond donors (Lipinski definition) is 0. The molecule has 0 amide bonds. The first-order valence-corrected chi connectivity index (χ1v) is 5.21. The number of aromatic nitrogens is 1. The molecule has 14 heavy (non-hydrogen) atoms. The molecule has 1 aliphatic carbocycles. The van der Waals surface area contributed by atoms with Crippen molar-refractivity contribution in [2.45, 2.75) is 32.1 Å². The zero-order valence-corrected chi connectivity index (χ0v) is 8.28. The van der Waals surface area contributed by atoms with E-state index in [0.29, 0.717) is 0 Å². The van der Waals surface area contributed by atoms with Crippen LogP contribution in [0, 0.1) is 5.41 Å². The van der Waals surface area contributed by atoms with Crippen LogP contribution < -0.4 is 0 Å². The first kappa shape index (κ1) is 9.38. The molecule has 74 valence electrons. The highest BCUT2D eigenvalue weighted by atomic mass is 16.1. The van der Waals surface area contributed by atoms with Crippen molar-refractivity contribution in [2.24, 2.45) is 5.41 Å². The van der Waals surface area contributed by atoms with Crippen molar-refractivity contribution in [2.75, 3.05) is 0 Å². The Balaban J connectivity index is 2.12. The van der Waals surface area contributed by atoms with Crippen LogP contribution in [0.2, 0.25) is 0 Å². The molecule has 0 spiro atoms. The van der Waals surface area contributed by atoms with Gasteiger partial charge in [0.05, 0.1) is 0 Å². The second-order valence-corrected chi connectivity index (χ2v) is 4.19. The Morgan fingerprint density at radius 2 is 2.14 bits per heavy atom. The van der Waals surface area contributed by atoms with Crippen LogP contribution in [0.15, 0.2) is 24.4 Å². The molecule has 1 saturated carbocycles. The summed E-state index contributed by atoms with van der Waals surface area (Å²) in [6, 6.07) is 5.89. The molecule has 1 aliphatic rings. The molecular formula is C12H15NO. The summed E-state index contributed by atoms with van der Waals surface area (Å²) in [4.78, 5) is 15.4. The summed E-state index contributed by atoms with van der Waals surface area (Å²) in [5.74, 6) is 0. The average Bonchev–Trinajstić information content (AvgIpc) is 2.69. The van der Waals surface area contributed by atoms with Crippen molar-refractivity contribution >= 4 is 6.29 Å². The average molecular weight is 189 g/mol. The van der Waals surface area contributed by atoms with Crippen LogP contribution in [0.5, 0.6) is 0 Å². The number of aldehydes is 1. The molecule has 1 aromatic rings. The summed E-state index contributed by atoms with van der Waals surface area (Å²) < 4.78 is 0. The first-order chi connectivity index (χ1) is 6.85. The molecule has 2 heteroatoms. The molecule has 1 aromatic heterocycles. The molecule has 0 saturated heterocycles. The Morgan fingerprint density at radius 1 is 1.36 bits per heavy atom. The molecule has 0 aliphatic heterocycles. The van der Waals surface area contributed by atoms with Gasteiger partial charge in [0, 0.05) is 23.7 Å². The van der Waals surface area contributed by atoms with E-state index >= 15 is 0 Å². The molecule has 2 rings (SSSR count). The van der Waals surface area contributed by atoms with Gasteiger partial charge in [0.15, 0.2) is 0 Å². The molecule has 1 heterocycles. The summed E-state index contributed by atoms with van der Waals surface area (Å²) in [6.07, 6.45) is 8.20. The van der Waals surface area contributed by atoms with Crippen LogP contribution in [-0.2, 0) is 11.2 Å². The number of carbonyl (C=O) groups is 1. The third-order valence-electron chi connectivity index (χ3n) is 3.11. The maximum atomic E-state index is 11.1. The lowest BCUT2D eigenvalue weighted by molar-refractivity contribution is -0.116. The fraction of sp³-hybridized carbons (Fsp3) is 0.500. The Kier molecular flexibility index (Phi) is 2.62. The van der Waals surface area contributed by atoms with Crippen LogP contribution in [0.25, 0.3) is 0 Å². The smallest absolute Gasteiger partial charge is 0.126 e. The molecule has 0 bridgehead atoms. The van der Waals surface area contributed by atoms with E-state index in [4.69, 9.17) is 0 Å². The van der Waals surface area contributed by atoms with Crippen molar-refractivity contribution in [1.82, 2.24) is 4.98 Å². The monoisotopic (exact) mass is 189 g/mol. The standard InChI is InChI=1S/C12H15NO/c14-10-12(6-2-3-7-12)9-11-5-1-4-8-13-11/h1,4-5,8,10H,2-3,6-7,9H2. The van der Waals surface area contributed by atoms with E-state index in [1.54, 1.807) is 6.20 Å². The van der Waals surface area contributed by atoms with Gasteiger partial charge < -0.3 is 4.79 Å². The van der Waals surface area contributed by atoms with Crippen molar-refractivity contribution in [1.29, 1.82) is 0 Å². The van der Waals surface area contributed by atoms with Gasteiger partial charge in [0.2, 0.25) is 0 Å². The van der Waals surface area contributed by atoms with E-state index in [2.05, 4.69) is 4.98 Å². The van der Waals surface area contributed by atoms with Crippen molar-refractivity contribution in [3.05, 3.63) is 30.1 Å². The van der Waals surface area contributed by atoms with Gasteiger partial charge in [0.25, 0.3) is 0 Å². The van der Waals surface area contributed by atoms with Crippen molar-refractivity contribution in [3.8, 4) is 0 Å². The van der Waals surface area contributed by atoms with Gasteiger partial charge in [-0.05, 0) is 25.0 Å². The summed E-state index contributed by atoms with van der Waals surface area (Å²) >= 11 is 0. The lowest BCUT2D eigenvalue weighted by Crippen LogP contribution is -2.21. The molecule has 1 fully saturated rings. The van der Waals surface area contributed by atoms with Crippen LogP contribution in [0.1, 0.15) is 31.4 Å². The maximum absolute atomic E-state index is 11.1. The van der Waals surface area contributed by atoms with Gasteiger partial charge in [-0.1, -0.05) is 18.9 Å². The molecule has 0 N–H and O–H groups in total. The molecule has 2 nitrogen and oxygen atoms in total. The van der Waals surface area contributed by atoms with E-state index in [0.717, 1.165) is 31.2 Å². The molecule has 0 aromatic carbocycles. The number of nitrogens with zero attached hydrogens (tertiary/aromatic N) is 1. The van der Waals surface area contributed by atoms with Crippen LogP contribution in [-0.4, -0.2) is 11.3 Å². The summed E-state index contributed by atoms with van der Waals surface area (Å²) in [6.45, 7) is 0. The minimum atomic E-state index is -0.103. The highest BCUT2D eigenvalue weighted by Gasteiger charge is 2.33. The minimum absolute atomic E-state index is 0.103. The lowest BCUT2D eigenvalue weighted by atomic mass is 9.83. The van der Waals surface area contributed by atoms with Gasteiger partial charge in [-0.3, -0.25) is 4.98 Å². The zero-order valence-electron chi connectivity index (χ0n) is 8.28. The Hall–Kier alpha value is -1.18. The van der Waals surface area contributed by atoms with E-state index < -0.39 is 0 Å². The van der Waals surface area contributed by atoms with Gasteiger partial charge >= 0.3 is 0 Å². The fourth-order valence-electron chi connectivity index (χ4n) is 2.28. The number of carbonyl (C=O) groups excluding carboxylic acids is 1. The van der Waals surface area contributed by atoms with Crippen molar-refractivity contribution < 1.29 is 4.79 Å². The van der Waals surface area contributed by atoms with Gasteiger partial charge in [0.1, 0.15) is 6.29 Å². The number of rotatable bonds is 3. The van der Waals surface area contributed by atoms with Crippen LogP contribution >= 0.6 is 0 Å². The number of hydrogen-bond acceptors (Lipinski definition) is 2. The third-order valence-corrected chi connectivity index (χ3v) is 3.11. The predicted molar refractivity (Wildman–Crippen MR) is 54.9 cm³/mol. The second-order valence-electron chi connectivity index (χ2n) is 4.19. The maximum Gasteiger partial charge on any atom is 0.126 e. The van der Waals surface area contributed by atoms with Crippen LogP contribution in [0.4, 0.5) is 0 Å². The highest BCUT2D eigenvalue weighted by molar-refractivity contribution is 5.60. The molecular weight excluding hydrogens is 174 g/mol. The normalized spacial score (nSPS) is 19.4. The number of pyridine rings is 1. The fourth-order valence-corrected chi connectivity index (χ4v) is 2.28. The Morgan fingerprint density at radius 3 is 2.71 bits per heavy atom. The third kappa shape index (κ3) is 1.84. The molecule has 0 unspecified atom stereocenters. The van der Waals surface area contributed by atoms with Crippen molar-refractivity contribution in [3.63, 3.8) is 0 Å². The minimum Gasteiger partial charge on any atom is -0.303 e. The summed E-state index contributed by atoms with van der Waals surface area (Å²) in [5, 5.41) is 0. The SMILES string of the molecule is O=CC1(Cc2ccccn2)CCCC1. The van der Waals surface area contributed by atoms with Gasteiger partial charge in [-0.15, -0.1) is 0 Å². The Bertz CT molecular complexity index is 301. The van der Waals surface area contributed by atoms with E-state index in [1.807, 2.05) is 18.2 Å². The predicted octanol–water partition coefficient (Wildman–Crippen LogP) is 2.38. The summed E-state index contributed by atoms with van der Waals surface area (Å²) in [5.41, 5.74) is 0.940. The zero-order chi connectivity index (χ0) is 9.86. The van der Waals surface area contributed by atoms with Gasteiger partial charge in [-0.25, -0.2) is 0 Å². The quantitative estimate of drug-likeness (QED) is 0.683. The topological polar surface area (TPSA) is 30.0 Å². The van der Waals surface area contributed by atoms with E-state index in [-0.39, 0.29) is 5.41 Å². The molecule has 0 radical (unpaired) electrons. The van der Waals surface area contributed by atoms with E-state index in [9.17, 15) is 4.79 Å². The Labute approximate surface area is 84.4 Å². The van der Waals surface area contributed by atoms with Crippen LogP contribution in [0.3, 0.4) is 0 Å². The summed E-state index contributed by atoms with van der Waals surface area (Å²) in [7, 11) is 0. The second kappa shape index (κ2) is 3.91. The van der Waals surface area contributed by atoms with Gasteiger partial charge in [-0.2, -0.15) is 0 Å².